The molecule has 1 heterocycles. The van der Waals surface area contributed by atoms with E-state index in [2.05, 4.69) is 16.8 Å². The average molecular weight is 225 g/mol. The topological polar surface area (TPSA) is 39.2 Å². The smallest absolute Gasteiger partial charge is 0.384 e. The van der Waals surface area contributed by atoms with Crippen LogP contribution in [0.25, 0.3) is 10.8 Å². The minimum Gasteiger partial charge on any atom is -0.456 e. The summed E-state index contributed by atoms with van der Waals surface area (Å²) in [6.07, 6.45) is 1.68. The van der Waals surface area contributed by atoms with E-state index in [1.54, 1.807) is 13.1 Å². The number of hydrogen-bond acceptors (Lipinski definition) is 3. The van der Waals surface area contributed by atoms with Crippen LogP contribution < -0.4 is 0 Å². The molecule has 0 N–H and O–H groups in total. The lowest BCUT2D eigenvalue weighted by Crippen LogP contribution is -1.99. The van der Waals surface area contributed by atoms with E-state index in [0.29, 0.717) is 12.3 Å². The van der Waals surface area contributed by atoms with Crippen molar-refractivity contribution in [3.05, 3.63) is 42.2 Å². The number of fused-ring (bicyclic) bond motifs is 1. The molecule has 84 valence electrons. The molecule has 3 nitrogen and oxygen atoms in total. The molecule has 1 aromatic carbocycles. The van der Waals surface area contributed by atoms with Crippen LogP contribution in [-0.2, 0) is 9.53 Å². The van der Waals surface area contributed by atoms with E-state index in [4.69, 9.17) is 4.74 Å². The number of rotatable bonds is 1. The van der Waals surface area contributed by atoms with Crippen LogP contribution in [0.5, 0.6) is 0 Å². The Balaban J connectivity index is 2.39. The van der Waals surface area contributed by atoms with Crippen molar-refractivity contribution in [2.75, 3.05) is 6.61 Å². The maximum Gasteiger partial charge on any atom is 0.384 e. The van der Waals surface area contributed by atoms with E-state index >= 15 is 0 Å². The summed E-state index contributed by atoms with van der Waals surface area (Å²) in [5, 5.41) is 1.99. The van der Waals surface area contributed by atoms with Crippen molar-refractivity contribution in [1.82, 2.24) is 4.98 Å². The fourth-order valence-corrected chi connectivity index (χ4v) is 1.50. The minimum atomic E-state index is -0.526. The molecule has 0 atom stereocenters. The first-order chi connectivity index (χ1) is 8.31. The normalized spacial score (nSPS) is 9.47. The molecule has 0 radical (unpaired) electrons. The zero-order valence-corrected chi connectivity index (χ0v) is 9.43. The first-order valence-electron chi connectivity index (χ1n) is 5.34. The van der Waals surface area contributed by atoms with Gasteiger partial charge in [-0.1, -0.05) is 24.3 Å². The number of ether oxygens (including phenoxy) is 1. The van der Waals surface area contributed by atoms with Crippen LogP contribution in [-0.4, -0.2) is 17.6 Å². The van der Waals surface area contributed by atoms with Crippen LogP contribution in [0.15, 0.2) is 36.5 Å². The Morgan fingerprint density at radius 1 is 1.35 bits per heavy atom. The van der Waals surface area contributed by atoms with Crippen molar-refractivity contribution in [3.8, 4) is 11.8 Å². The molecule has 2 rings (SSSR count). The highest BCUT2D eigenvalue weighted by atomic mass is 16.5. The second kappa shape index (κ2) is 5.13. The quantitative estimate of drug-likeness (QED) is 0.551. The van der Waals surface area contributed by atoms with Crippen LogP contribution in [0, 0.1) is 11.8 Å². The predicted octanol–water partition coefficient (Wildman–Crippen LogP) is 2.15. The third-order valence-electron chi connectivity index (χ3n) is 2.23. The van der Waals surface area contributed by atoms with E-state index in [1.165, 1.54) is 0 Å². The summed E-state index contributed by atoms with van der Waals surface area (Å²) < 4.78 is 4.74. The zero-order valence-electron chi connectivity index (χ0n) is 9.43. The van der Waals surface area contributed by atoms with E-state index in [1.807, 2.05) is 30.3 Å². The largest absolute Gasteiger partial charge is 0.456 e. The Morgan fingerprint density at radius 2 is 2.18 bits per heavy atom. The molecule has 3 heteroatoms. The lowest BCUT2D eigenvalue weighted by atomic mass is 10.1. The van der Waals surface area contributed by atoms with Crippen molar-refractivity contribution >= 4 is 16.7 Å². The molecule has 0 saturated carbocycles. The molecule has 0 aliphatic heterocycles. The fourth-order valence-electron chi connectivity index (χ4n) is 1.50. The molecule has 0 aliphatic carbocycles. The molecule has 2 aromatic rings. The molecule has 0 amide bonds. The number of carbonyl (C=O) groups excluding carboxylic acids is 1. The van der Waals surface area contributed by atoms with Gasteiger partial charge in [0.25, 0.3) is 0 Å². The maximum atomic E-state index is 11.1. The highest BCUT2D eigenvalue weighted by Crippen LogP contribution is 2.14. The Hall–Kier alpha value is -2.34. The van der Waals surface area contributed by atoms with E-state index in [9.17, 15) is 4.79 Å². The highest BCUT2D eigenvalue weighted by molar-refractivity contribution is 5.92. The number of nitrogens with zero attached hydrogens (tertiary/aromatic N) is 1. The third kappa shape index (κ3) is 2.61. The number of carbonyl (C=O) groups is 1. The van der Waals surface area contributed by atoms with Gasteiger partial charge >= 0.3 is 5.97 Å². The van der Waals surface area contributed by atoms with Gasteiger partial charge in [0.15, 0.2) is 0 Å². The summed E-state index contributed by atoms with van der Waals surface area (Å²) >= 11 is 0. The summed E-state index contributed by atoms with van der Waals surface area (Å²) in [6.45, 7) is 2.08. The van der Waals surface area contributed by atoms with E-state index in [0.717, 1.165) is 10.8 Å². The van der Waals surface area contributed by atoms with Gasteiger partial charge < -0.3 is 4.74 Å². The highest BCUT2D eigenvalue weighted by Gasteiger charge is 1.99. The van der Waals surface area contributed by atoms with Crippen molar-refractivity contribution < 1.29 is 9.53 Å². The second-order valence-corrected chi connectivity index (χ2v) is 3.35. The third-order valence-corrected chi connectivity index (χ3v) is 2.23. The van der Waals surface area contributed by atoms with Crippen molar-refractivity contribution in [2.45, 2.75) is 6.92 Å². The molecule has 0 fully saturated rings. The monoisotopic (exact) mass is 225 g/mol. The van der Waals surface area contributed by atoms with Crippen LogP contribution in [0.1, 0.15) is 12.6 Å². The summed E-state index contributed by atoms with van der Waals surface area (Å²) in [4.78, 5) is 15.3. The number of esters is 1. The molecule has 0 aliphatic rings. The first-order valence-corrected chi connectivity index (χ1v) is 5.34. The maximum absolute atomic E-state index is 11.1. The number of hydrogen-bond donors (Lipinski definition) is 0. The number of benzene rings is 1. The summed E-state index contributed by atoms with van der Waals surface area (Å²) in [5.41, 5.74) is 0.594. The van der Waals surface area contributed by atoms with Gasteiger partial charge in [-0.3, -0.25) is 0 Å². The Kier molecular flexibility index (Phi) is 3.37. The summed E-state index contributed by atoms with van der Waals surface area (Å²) in [5.74, 6) is 4.63. The van der Waals surface area contributed by atoms with Gasteiger partial charge in [0.2, 0.25) is 0 Å². The van der Waals surface area contributed by atoms with Crippen molar-refractivity contribution in [3.63, 3.8) is 0 Å². The SMILES string of the molecule is CCOC(=O)C#Cc1nccc2ccccc12. The van der Waals surface area contributed by atoms with Gasteiger partial charge in [-0.05, 0) is 24.3 Å². The van der Waals surface area contributed by atoms with Gasteiger partial charge in [0, 0.05) is 17.5 Å². The lowest BCUT2D eigenvalue weighted by molar-refractivity contribution is -0.136. The number of pyridine rings is 1. The Labute approximate surface area is 99.4 Å². The van der Waals surface area contributed by atoms with Crippen molar-refractivity contribution in [1.29, 1.82) is 0 Å². The van der Waals surface area contributed by atoms with Crippen LogP contribution in [0.2, 0.25) is 0 Å². The van der Waals surface area contributed by atoms with Gasteiger partial charge in [0.05, 0.1) is 6.61 Å². The van der Waals surface area contributed by atoms with Gasteiger partial charge in [-0.2, -0.15) is 0 Å². The van der Waals surface area contributed by atoms with Gasteiger partial charge in [-0.15, -0.1) is 0 Å². The van der Waals surface area contributed by atoms with Crippen LogP contribution in [0.3, 0.4) is 0 Å². The standard InChI is InChI=1S/C14H11NO2/c1-2-17-14(16)8-7-13-12-6-4-3-5-11(12)9-10-15-13/h3-6,9-10H,2H2,1H3. The molecule has 1 aromatic heterocycles. The first kappa shape index (κ1) is 11.2. The van der Waals surface area contributed by atoms with Crippen LogP contribution in [0.4, 0.5) is 0 Å². The van der Waals surface area contributed by atoms with E-state index < -0.39 is 5.97 Å². The van der Waals surface area contributed by atoms with Crippen molar-refractivity contribution in [2.24, 2.45) is 0 Å². The lowest BCUT2D eigenvalue weighted by Gasteiger charge is -1.98. The summed E-state index contributed by atoms with van der Waals surface area (Å²) in [6, 6.07) is 9.68. The number of aromatic nitrogens is 1. The predicted molar refractivity (Wildman–Crippen MR) is 65.3 cm³/mol. The molecule has 17 heavy (non-hydrogen) atoms. The van der Waals surface area contributed by atoms with Gasteiger partial charge in [-0.25, -0.2) is 9.78 Å². The van der Waals surface area contributed by atoms with Gasteiger partial charge in [0.1, 0.15) is 5.69 Å². The second-order valence-electron chi connectivity index (χ2n) is 3.35. The molecular formula is C14H11NO2. The molecule has 0 spiro atoms. The van der Waals surface area contributed by atoms with Crippen LogP contribution >= 0.6 is 0 Å². The molecule has 0 saturated heterocycles. The fraction of sp³-hybridized carbons (Fsp3) is 0.143. The Bertz CT molecular complexity index is 603. The minimum absolute atomic E-state index is 0.330. The molecule has 0 unspecified atom stereocenters. The zero-order chi connectivity index (χ0) is 12.1. The molecular weight excluding hydrogens is 214 g/mol. The average Bonchev–Trinajstić information content (AvgIpc) is 2.36. The van der Waals surface area contributed by atoms with E-state index in [-0.39, 0.29) is 0 Å². The molecule has 0 bridgehead atoms. The summed E-state index contributed by atoms with van der Waals surface area (Å²) in [7, 11) is 0. The Morgan fingerprint density at radius 3 is 3.00 bits per heavy atom.